The van der Waals surface area contributed by atoms with E-state index in [4.69, 9.17) is 9.84 Å². The molecular weight excluding hydrogens is 232 g/mol. The first-order valence-electron chi connectivity index (χ1n) is 6.05. The molecule has 18 heavy (non-hydrogen) atoms. The molecule has 0 fully saturated rings. The van der Waals surface area contributed by atoms with Crippen molar-refractivity contribution in [3.63, 3.8) is 0 Å². The van der Waals surface area contributed by atoms with Crippen molar-refractivity contribution >= 4 is 11.3 Å². The van der Waals surface area contributed by atoms with Crippen LogP contribution in [0.3, 0.4) is 0 Å². The fourth-order valence-corrected chi connectivity index (χ4v) is 1.73. The molecule has 6 heteroatoms. The summed E-state index contributed by atoms with van der Waals surface area (Å²) in [6.07, 6.45) is 4.43. The number of anilines is 1. The Morgan fingerprint density at radius 3 is 3.17 bits per heavy atom. The summed E-state index contributed by atoms with van der Waals surface area (Å²) in [5, 5.41) is 16.2. The van der Waals surface area contributed by atoms with Gasteiger partial charge in [-0.1, -0.05) is 0 Å². The summed E-state index contributed by atoms with van der Waals surface area (Å²) in [5.74, 6) is 0.834. The number of rotatable bonds is 7. The fraction of sp³-hybridized carbons (Fsp3) is 0.500. The molecule has 0 aliphatic carbocycles. The van der Waals surface area contributed by atoms with Crippen LogP contribution in [0.25, 0.3) is 5.52 Å². The maximum atomic E-state index is 8.56. The smallest absolute Gasteiger partial charge is 0.152 e. The van der Waals surface area contributed by atoms with Crippen molar-refractivity contribution in [2.45, 2.75) is 13.3 Å². The highest BCUT2D eigenvalue weighted by molar-refractivity contribution is 5.67. The van der Waals surface area contributed by atoms with Crippen molar-refractivity contribution < 1.29 is 9.84 Å². The second-order valence-corrected chi connectivity index (χ2v) is 4.01. The van der Waals surface area contributed by atoms with Gasteiger partial charge in [-0.15, -0.1) is 0 Å². The molecule has 0 unspecified atom stereocenters. The average molecular weight is 250 g/mol. The first kappa shape index (κ1) is 12.8. The molecule has 2 aromatic rings. The molecular formula is C12H18N4O2. The van der Waals surface area contributed by atoms with Gasteiger partial charge in [-0.25, -0.2) is 9.50 Å². The molecule has 0 radical (unpaired) electrons. The van der Waals surface area contributed by atoms with Crippen molar-refractivity contribution in [3.8, 4) is 0 Å². The minimum absolute atomic E-state index is 0.0728. The van der Waals surface area contributed by atoms with E-state index in [0.29, 0.717) is 13.2 Å². The largest absolute Gasteiger partial charge is 0.394 e. The molecule has 0 amide bonds. The van der Waals surface area contributed by atoms with Crippen LogP contribution in [0.4, 0.5) is 5.82 Å². The van der Waals surface area contributed by atoms with Crippen LogP contribution in [0.2, 0.25) is 0 Å². The van der Waals surface area contributed by atoms with Crippen molar-refractivity contribution in [1.82, 2.24) is 14.6 Å². The summed E-state index contributed by atoms with van der Waals surface area (Å²) in [5.41, 5.74) is 1.95. The first-order valence-corrected chi connectivity index (χ1v) is 6.05. The van der Waals surface area contributed by atoms with Crippen molar-refractivity contribution in [2.75, 3.05) is 31.7 Å². The monoisotopic (exact) mass is 250 g/mol. The van der Waals surface area contributed by atoms with Crippen molar-refractivity contribution in [3.05, 3.63) is 24.2 Å². The normalized spacial score (nSPS) is 11.0. The second kappa shape index (κ2) is 6.32. The van der Waals surface area contributed by atoms with E-state index < -0.39 is 0 Å². The molecule has 2 heterocycles. The molecule has 2 aromatic heterocycles. The Labute approximate surface area is 106 Å². The SMILES string of the molecule is Cc1cc2c(NCCCOCCO)nccn2n1. The van der Waals surface area contributed by atoms with E-state index in [0.717, 1.165) is 30.0 Å². The van der Waals surface area contributed by atoms with Gasteiger partial charge in [0, 0.05) is 25.5 Å². The Morgan fingerprint density at radius 2 is 2.33 bits per heavy atom. The number of nitrogens with zero attached hydrogens (tertiary/aromatic N) is 3. The minimum Gasteiger partial charge on any atom is -0.394 e. The second-order valence-electron chi connectivity index (χ2n) is 4.01. The molecule has 0 aliphatic heterocycles. The molecule has 0 atom stereocenters. The van der Waals surface area contributed by atoms with E-state index in [1.807, 2.05) is 23.7 Å². The van der Waals surface area contributed by atoms with Gasteiger partial charge in [0.15, 0.2) is 5.82 Å². The molecule has 0 bridgehead atoms. The number of aryl methyl sites for hydroxylation is 1. The zero-order valence-corrected chi connectivity index (χ0v) is 10.5. The lowest BCUT2D eigenvalue weighted by Gasteiger charge is -2.06. The van der Waals surface area contributed by atoms with E-state index in [-0.39, 0.29) is 6.61 Å². The van der Waals surface area contributed by atoms with Crippen LogP contribution in [-0.4, -0.2) is 46.1 Å². The summed E-state index contributed by atoms with van der Waals surface area (Å²) in [6, 6.07) is 2.00. The third kappa shape index (κ3) is 3.18. The standard InChI is InChI=1S/C12H18N4O2/c1-10-9-11-12(14-4-5-16(11)15-10)13-3-2-7-18-8-6-17/h4-5,9,17H,2-3,6-8H2,1H3,(H,13,14). The molecule has 0 spiro atoms. The molecule has 0 saturated heterocycles. The van der Waals surface area contributed by atoms with Gasteiger partial charge in [0.1, 0.15) is 5.52 Å². The number of nitrogens with one attached hydrogen (secondary N) is 1. The van der Waals surface area contributed by atoms with E-state index in [1.165, 1.54) is 0 Å². The quantitative estimate of drug-likeness (QED) is 0.713. The van der Waals surface area contributed by atoms with Gasteiger partial charge in [-0.2, -0.15) is 5.10 Å². The number of aliphatic hydroxyl groups is 1. The Kier molecular flexibility index (Phi) is 4.49. The summed E-state index contributed by atoms with van der Waals surface area (Å²) in [7, 11) is 0. The highest BCUT2D eigenvalue weighted by Gasteiger charge is 2.04. The Morgan fingerprint density at radius 1 is 1.44 bits per heavy atom. The molecule has 6 nitrogen and oxygen atoms in total. The highest BCUT2D eigenvalue weighted by Crippen LogP contribution is 2.14. The first-order chi connectivity index (χ1) is 8.81. The Bertz CT molecular complexity index is 498. The molecule has 2 rings (SSSR count). The molecule has 0 aromatic carbocycles. The minimum atomic E-state index is 0.0728. The van der Waals surface area contributed by atoms with Gasteiger partial charge in [-0.05, 0) is 19.4 Å². The lowest BCUT2D eigenvalue weighted by atomic mass is 10.4. The lowest BCUT2D eigenvalue weighted by molar-refractivity contribution is 0.0922. The van der Waals surface area contributed by atoms with Crippen molar-refractivity contribution in [2.24, 2.45) is 0 Å². The number of fused-ring (bicyclic) bond motifs is 1. The van der Waals surface area contributed by atoms with Gasteiger partial charge in [-0.3, -0.25) is 0 Å². The Hall–Kier alpha value is -1.66. The maximum absolute atomic E-state index is 8.56. The van der Waals surface area contributed by atoms with Crippen LogP contribution in [-0.2, 0) is 4.74 Å². The summed E-state index contributed by atoms with van der Waals surface area (Å²) in [6.45, 7) is 3.84. The number of ether oxygens (including phenoxy) is 1. The predicted molar refractivity (Wildman–Crippen MR) is 68.7 cm³/mol. The summed E-state index contributed by atoms with van der Waals surface area (Å²) in [4.78, 5) is 4.30. The van der Waals surface area contributed by atoms with Gasteiger partial charge in [0.2, 0.25) is 0 Å². The average Bonchev–Trinajstić information content (AvgIpc) is 2.74. The number of aliphatic hydroxyl groups excluding tert-OH is 1. The Balaban J connectivity index is 1.87. The van der Waals surface area contributed by atoms with Crippen LogP contribution in [0.5, 0.6) is 0 Å². The zero-order valence-electron chi connectivity index (χ0n) is 10.5. The number of aromatic nitrogens is 3. The molecule has 0 aliphatic rings. The maximum Gasteiger partial charge on any atom is 0.152 e. The van der Waals surface area contributed by atoms with Gasteiger partial charge >= 0.3 is 0 Å². The highest BCUT2D eigenvalue weighted by atomic mass is 16.5. The van der Waals surface area contributed by atoms with Gasteiger partial charge in [0.25, 0.3) is 0 Å². The van der Waals surface area contributed by atoms with E-state index in [9.17, 15) is 0 Å². The van der Waals surface area contributed by atoms with Crippen LogP contribution in [0.1, 0.15) is 12.1 Å². The number of hydrogen-bond acceptors (Lipinski definition) is 5. The fourth-order valence-electron chi connectivity index (χ4n) is 1.73. The summed E-state index contributed by atoms with van der Waals surface area (Å²) >= 11 is 0. The molecule has 2 N–H and O–H groups in total. The number of hydrogen-bond donors (Lipinski definition) is 2. The molecule has 0 saturated carbocycles. The van der Waals surface area contributed by atoms with Crippen molar-refractivity contribution in [1.29, 1.82) is 0 Å². The third-order valence-corrected chi connectivity index (χ3v) is 2.51. The van der Waals surface area contributed by atoms with E-state index in [1.54, 1.807) is 6.20 Å². The zero-order chi connectivity index (χ0) is 12.8. The molecule has 98 valence electrons. The topological polar surface area (TPSA) is 71.7 Å². The van der Waals surface area contributed by atoms with Gasteiger partial charge < -0.3 is 15.2 Å². The van der Waals surface area contributed by atoms with Crippen LogP contribution < -0.4 is 5.32 Å². The van der Waals surface area contributed by atoms with Crippen LogP contribution >= 0.6 is 0 Å². The lowest BCUT2D eigenvalue weighted by Crippen LogP contribution is -2.09. The van der Waals surface area contributed by atoms with Crippen LogP contribution in [0, 0.1) is 6.92 Å². The van der Waals surface area contributed by atoms with Gasteiger partial charge in [0.05, 0.1) is 18.9 Å². The van der Waals surface area contributed by atoms with Crippen LogP contribution in [0.15, 0.2) is 18.5 Å². The summed E-state index contributed by atoms with van der Waals surface area (Å²) < 4.78 is 7.00. The predicted octanol–water partition coefficient (Wildman–Crippen LogP) is 0.849. The third-order valence-electron chi connectivity index (χ3n) is 2.51. The van der Waals surface area contributed by atoms with E-state index in [2.05, 4.69) is 15.4 Å². The van der Waals surface area contributed by atoms with E-state index >= 15 is 0 Å².